The Morgan fingerprint density at radius 3 is 2.39 bits per heavy atom. The van der Waals surface area contributed by atoms with Crippen LogP contribution in [0.2, 0.25) is 0 Å². The van der Waals surface area contributed by atoms with Gasteiger partial charge in [0, 0.05) is 12.2 Å². The van der Waals surface area contributed by atoms with E-state index in [1.807, 2.05) is 6.92 Å². The molecule has 2 aromatic carbocycles. The molecule has 1 aliphatic heterocycles. The highest BCUT2D eigenvalue weighted by Crippen LogP contribution is 2.26. The first-order valence-corrected chi connectivity index (χ1v) is 11.7. The van der Waals surface area contributed by atoms with Gasteiger partial charge < -0.3 is 14.8 Å². The molecule has 1 amide bonds. The summed E-state index contributed by atoms with van der Waals surface area (Å²) >= 11 is 0. The molecule has 1 aliphatic rings. The van der Waals surface area contributed by atoms with Gasteiger partial charge in [-0.25, -0.2) is 8.42 Å². The van der Waals surface area contributed by atoms with Crippen LogP contribution in [0, 0.1) is 6.92 Å². The molecule has 33 heavy (non-hydrogen) atoms. The number of benzene rings is 2. The van der Waals surface area contributed by atoms with Crippen LogP contribution >= 0.6 is 0 Å². The zero-order valence-electron chi connectivity index (χ0n) is 17.9. The van der Waals surface area contributed by atoms with Crippen molar-refractivity contribution in [2.24, 2.45) is 0 Å². The number of carbonyl (C=O) groups is 2. The number of nitrogens with zero attached hydrogens (tertiary/aromatic N) is 1. The third-order valence-electron chi connectivity index (χ3n) is 5.06. The van der Waals surface area contributed by atoms with Gasteiger partial charge in [0.15, 0.2) is 6.61 Å². The van der Waals surface area contributed by atoms with Crippen LogP contribution in [0.5, 0.6) is 5.75 Å². The van der Waals surface area contributed by atoms with E-state index < -0.39 is 41.2 Å². The third kappa shape index (κ3) is 6.48. The Morgan fingerprint density at radius 2 is 1.76 bits per heavy atom. The number of carbonyl (C=O) groups excluding carboxylic acids is 2. The summed E-state index contributed by atoms with van der Waals surface area (Å²) in [6.45, 7) is -1.56. The Balaban J connectivity index is 1.60. The van der Waals surface area contributed by atoms with E-state index in [9.17, 15) is 26.8 Å². The number of ether oxygens (including phenoxy) is 2. The van der Waals surface area contributed by atoms with Gasteiger partial charge in [-0.2, -0.15) is 13.1 Å². The van der Waals surface area contributed by atoms with Crippen LogP contribution in [-0.4, -0.2) is 50.4 Å². The monoisotopic (exact) mass is 482 g/mol. The second-order valence-corrected chi connectivity index (χ2v) is 9.39. The van der Waals surface area contributed by atoms with Crippen LogP contribution in [0.3, 0.4) is 0 Å². The van der Waals surface area contributed by atoms with E-state index in [-0.39, 0.29) is 23.6 Å². The van der Waals surface area contributed by atoms with Crippen molar-refractivity contribution in [3.05, 3.63) is 54.1 Å². The zero-order valence-corrected chi connectivity index (χ0v) is 18.7. The Kier molecular flexibility index (Phi) is 7.98. The van der Waals surface area contributed by atoms with Gasteiger partial charge in [0.05, 0.1) is 4.90 Å². The number of hydrogen-bond donors (Lipinski definition) is 1. The molecule has 11 heteroatoms. The summed E-state index contributed by atoms with van der Waals surface area (Å²) in [4.78, 5) is 24.9. The lowest BCUT2D eigenvalue weighted by molar-refractivity contribution is -0.152. The van der Waals surface area contributed by atoms with E-state index in [0.717, 1.165) is 9.87 Å². The fraction of sp³-hybridized carbons (Fsp3) is 0.364. The van der Waals surface area contributed by atoms with Crippen LogP contribution < -0.4 is 10.1 Å². The predicted molar refractivity (Wildman–Crippen MR) is 115 cm³/mol. The lowest BCUT2D eigenvalue weighted by Gasteiger charge is -2.33. The lowest BCUT2D eigenvalue weighted by atomic mass is 10.1. The molecule has 1 saturated heterocycles. The van der Waals surface area contributed by atoms with Crippen molar-refractivity contribution in [2.45, 2.75) is 43.7 Å². The Morgan fingerprint density at radius 1 is 1.09 bits per heavy atom. The summed E-state index contributed by atoms with van der Waals surface area (Å²) in [5, 5.41) is 2.46. The molecule has 2 aromatic rings. The average molecular weight is 483 g/mol. The average Bonchev–Trinajstić information content (AvgIpc) is 2.79. The van der Waals surface area contributed by atoms with Crippen LogP contribution in [0.25, 0.3) is 0 Å². The molecule has 1 fully saturated rings. The summed E-state index contributed by atoms with van der Waals surface area (Å²) in [7, 11) is -3.91. The number of hydrogen-bond acceptors (Lipinski definition) is 6. The van der Waals surface area contributed by atoms with Gasteiger partial charge in [0.1, 0.15) is 11.8 Å². The Bertz CT molecular complexity index is 1080. The van der Waals surface area contributed by atoms with Gasteiger partial charge in [-0.1, -0.05) is 17.7 Å². The van der Waals surface area contributed by atoms with E-state index >= 15 is 0 Å². The second kappa shape index (κ2) is 10.7. The number of piperidine rings is 1. The molecule has 1 atom stereocenters. The number of aryl methyl sites for hydroxylation is 1. The first-order chi connectivity index (χ1) is 15.7. The van der Waals surface area contributed by atoms with Gasteiger partial charge in [0.2, 0.25) is 10.0 Å². The number of amides is 1. The number of esters is 1. The second-order valence-electron chi connectivity index (χ2n) is 7.50. The van der Waals surface area contributed by atoms with Crippen molar-refractivity contribution in [2.75, 3.05) is 18.5 Å². The number of anilines is 1. The Labute approximate surface area is 190 Å². The summed E-state index contributed by atoms with van der Waals surface area (Å²) in [5.41, 5.74) is 1.20. The molecule has 178 valence electrons. The van der Waals surface area contributed by atoms with Crippen molar-refractivity contribution in [1.29, 1.82) is 0 Å². The number of halogens is 2. The maximum atomic E-state index is 13.1. The van der Waals surface area contributed by atoms with Crippen LogP contribution in [0.4, 0.5) is 14.5 Å². The maximum absolute atomic E-state index is 13.1. The van der Waals surface area contributed by atoms with Gasteiger partial charge >= 0.3 is 12.6 Å². The van der Waals surface area contributed by atoms with Crippen LogP contribution in [0.15, 0.2) is 53.4 Å². The Hall–Kier alpha value is -3.05. The molecule has 0 saturated carbocycles. The first kappa shape index (κ1) is 24.6. The molecular weight excluding hydrogens is 458 g/mol. The lowest BCUT2D eigenvalue weighted by Crippen LogP contribution is -2.48. The molecule has 0 bridgehead atoms. The summed E-state index contributed by atoms with van der Waals surface area (Å²) < 4.78 is 61.0. The fourth-order valence-corrected chi connectivity index (χ4v) is 5.07. The molecule has 0 aliphatic carbocycles. The highest BCUT2D eigenvalue weighted by atomic mass is 32.2. The first-order valence-electron chi connectivity index (χ1n) is 10.3. The minimum absolute atomic E-state index is 0.0680. The zero-order chi connectivity index (χ0) is 24.0. The molecule has 0 spiro atoms. The molecule has 8 nitrogen and oxygen atoms in total. The summed E-state index contributed by atoms with van der Waals surface area (Å²) in [5.74, 6) is -1.53. The number of rotatable bonds is 8. The van der Waals surface area contributed by atoms with Gasteiger partial charge in [-0.15, -0.1) is 0 Å². The van der Waals surface area contributed by atoms with E-state index in [1.165, 1.54) is 36.4 Å². The predicted octanol–water partition coefficient (Wildman–Crippen LogP) is 3.32. The minimum Gasteiger partial charge on any atom is -0.454 e. The molecule has 1 heterocycles. The number of nitrogens with one attached hydrogen (secondary N) is 1. The largest absolute Gasteiger partial charge is 0.454 e. The van der Waals surface area contributed by atoms with Gasteiger partial charge in [0.25, 0.3) is 5.91 Å². The van der Waals surface area contributed by atoms with Crippen molar-refractivity contribution in [3.8, 4) is 5.75 Å². The minimum atomic E-state index is -3.91. The van der Waals surface area contributed by atoms with E-state index in [0.29, 0.717) is 18.5 Å². The molecule has 1 N–H and O–H groups in total. The topological polar surface area (TPSA) is 102 Å². The molecular formula is C22H24F2N2O6S. The number of sulfonamides is 1. The highest BCUT2D eigenvalue weighted by Gasteiger charge is 2.38. The van der Waals surface area contributed by atoms with Crippen molar-refractivity contribution in [3.63, 3.8) is 0 Å². The fourth-order valence-electron chi connectivity index (χ4n) is 3.42. The molecule has 1 unspecified atom stereocenters. The summed E-state index contributed by atoms with van der Waals surface area (Å²) in [6, 6.07) is 10.5. The van der Waals surface area contributed by atoms with Crippen LogP contribution in [0.1, 0.15) is 24.8 Å². The molecule has 0 radical (unpaired) electrons. The highest BCUT2D eigenvalue weighted by molar-refractivity contribution is 7.89. The van der Waals surface area contributed by atoms with Gasteiger partial charge in [-0.05, 0) is 62.6 Å². The SMILES string of the molecule is Cc1ccc(S(=O)(=O)N2CCCCC2C(=O)OCC(=O)Nc2ccc(OC(F)F)cc2)cc1. The third-order valence-corrected chi connectivity index (χ3v) is 6.98. The van der Waals surface area contributed by atoms with Crippen molar-refractivity contribution >= 4 is 27.6 Å². The summed E-state index contributed by atoms with van der Waals surface area (Å²) in [6.07, 6.45) is 1.55. The smallest absolute Gasteiger partial charge is 0.387 e. The van der Waals surface area contributed by atoms with E-state index in [2.05, 4.69) is 10.1 Å². The molecule has 3 rings (SSSR count). The van der Waals surface area contributed by atoms with E-state index in [1.54, 1.807) is 12.1 Å². The van der Waals surface area contributed by atoms with Crippen LogP contribution in [-0.2, 0) is 24.3 Å². The standard InChI is InChI=1S/C22H24F2N2O6S/c1-15-5-11-18(12-6-15)33(29,30)26-13-3-2-4-19(26)21(28)31-14-20(27)25-16-7-9-17(10-8-16)32-22(23)24/h5-12,19,22H,2-4,13-14H2,1H3,(H,25,27). The molecule has 0 aromatic heterocycles. The quantitative estimate of drug-likeness (QED) is 0.579. The normalized spacial score (nSPS) is 16.9. The van der Waals surface area contributed by atoms with E-state index in [4.69, 9.17) is 4.74 Å². The number of alkyl halides is 2. The van der Waals surface area contributed by atoms with Crippen molar-refractivity contribution in [1.82, 2.24) is 4.31 Å². The van der Waals surface area contributed by atoms with Crippen molar-refractivity contribution < 1.29 is 36.3 Å². The maximum Gasteiger partial charge on any atom is 0.387 e. The van der Waals surface area contributed by atoms with Gasteiger partial charge in [-0.3, -0.25) is 9.59 Å².